The predicted molar refractivity (Wildman–Crippen MR) is 115 cm³/mol. The van der Waals surface area contributed by atoms with E-state index in [4.69, 9.17) is 9.15 Å². The fourth-order valence-electron chi connectivity index (χ4n) is 3.19. The van der Waals surface area contributed by atoms with Gasteiger partial charge in [0.2, 0.25) is 5.88 Å². The zero-order chi connectivity index (χ0) is 20.2. The van der Waals surface area contributed by atoms with Gasteiger partial charge < -0.3 is 9.15 Å². The van der Waals surface area contributed by atoms with Crippen molar-refractivity contribution in [1.29, 1.82) is 5.26 Å². The lowest BCUT2D eigenvalue weighted by Gasteiger charge is -2.09. The summed E-state index contributed by atoms with van der Waals surface area (Å²) in [6.45, 7) is 4.20. The van der Waals surface area contributed by atoms with Crippen molar-refractivity contribution in [2.24, 2.45) is 4.99 Å². The molecule has 0 atom stereocenters. The van der Waals surface area contributed by atoms with Crippen LogP contribution in [-0.4, -0.2) is 6.21 Å². The van der Waals surface area contributed by atoms with Crippen LogP contribution in [0.15, 0.2) is 76.1 Å². The van der Waals surface area contributed by atoms with Crippen molar-refractivity contribution >= 4 is 22.9 Å². The highest BCUT2D eigenvalue weighted by molar-refractivity contribution is 5.85. The molecule has 0 unspecified atom stereocenters. The Labute approximate surface area is 169 Å². The summed E-state index contributed by atoms with van der Waals surface area (Å²) in [5.41, 5.74) is 3.37. The fraction of sp³-hybridized carbons (Fsp3) is 0.120. The lowest BCUT2D eigenvalue weighted by molar-refractivity contribution is 0.307. The highest BCUT2D eigenvalue weighted by Crippen LogP contribution is 2.28. The van der Waals surface area contributed by atoms with Gasteiger partial charge in [0.25, 0.3) is 0 Å². The Balaban J connectivity index is 1.46. The van der Waals surface area contributed by atoms with Crippen LogP contribution >= 0.6 is 0 Å². The summed E-state index contributed by atoms with van der Waals surface area (Å²) in [7, 11) is 0. The van der Waals surface area contributed by atoms with E-state index in [2.05, 4.69) is 35.3 Å². The summed E-state index contributed by atoms with van der Waals surface area (Å²) < 4.78 is 11.5. The van der Waals surface area contributed by atoms with E-state index in [-0.39, 0.29) is 0 Å². The molecule has 0 spiro atoms. The molecule has 1 aromatic heterocycles. The van der Waals surface area contributed by atoms with E-state index >= 15 is 0 Å². The Morgan fingerprint density at radius 3 is 2.55 bits per heavy atom. The van der Waals surface area contributed by atoms with Crippen molar-refractivity contribution in [3.63, 3.8) is 0 Å². The number of nitrogens with zero attached hydrogens (tertiary/aromatic N) is 2. The molecule has 0 N–H and O–H groups in total. The van der Waals surface area contributed by atoms with Gasteiger partial charge in [0.05, 0.1) is 0 Å². The van der Waals surface area contributed by atoms with Gasteiger partial charge in [-0.15, -0.1) is 0 Å². The van der Waals surface area contributed by atoms with Crippen LogP contribution in [-0.2, 0) is 6.61 Å². The molecule has 3 aromatic carbocycles. The molecule has 0 amide bonds. The second-order valence-electron chi connectivity index (χ2n) is 6.83. The minimum absolute atomic E-state index is 0.346. The lowest BCUT2D eigenvalue weighted by atomic mass is 10.1. The number of nitriles is 1. The van der Waals surface area contributed by atoms with Gasteiger partial charge in [-0.3, -0.25) is 0 Å². The van der Waals surface area contributed by atoms with Gasteiger partial charge in [-0.1, -0.05) is 42.5 Å². The normalized spacial score (nSPS) is 11.1. The van der Waals surface area contributed by atoms with Crippen LogP contribution in [0.3, 0.4) is 0 Å². The molecule has 0 fully saturated rings. The number of aliphatic imine (C=N–C) groups is 1. The van der Waals surface area contributed by atoms with Crippen LogP contribution < -0.4 is 4.74 Å². The van der Waals surface area contributed by atoms with Gasteiger partial charge in [-0.25, -0.2) is 4.99 Å². The van der Waals surface area contributed by atoms with E-state index in [1.54, 1.807) is 6.21 Å². The van der Waals surface area contributed by atoms with Crippen LogP contribution in [0.1, 0.15) is 28.0 Å². The predicted octanol–water partition coefficient (Wildman–Crippen LogP) is 6.25. The first kappa shape index (κ1) is 18.5. The molecule has 0 radical (unpaired) electrons. The molecule has 0 aliphatic carbocycles. The molecule has 4 rings (SSSR count). The molecule has 4 aromatic rings. The molecule has 0 aliphatic heterocycles. The number of hydrogen-bond acceptors (Lipinski definition) is 4. The average molecular weight is 380 g/mol. The smallest absolute Gasteiger partial charge is 0.237 e. The third-order valence-corrected chi connectivity index (χ3v) is 4.96. The number of ether oxygens (including phenoxy) is 1. The Morgan fingerprint density at radius 1 is 1.00 bits per heavy atom. The number of benzene rings is 3. The second-order valence-corrected chi connectivity index (χ2v) is 6.83. The monoisotopic (exact) mass is 380 g/mol. The third-order valence-electron chi connectivity index (χ3n) is 4.96. The van der Waals surface area contributed by atoms with Crippen LogP contribution in [0.4, 0.5) is 5.88 Å². The van der Waals surface area contributed by atoms with Gasteiger partial charge in [0.1, 0.15) is 29.7 Å². The largest absolute Gasteiger partial charge is 0.489 e. The number of aryl methyl sites for hydroxylation is 1. The van der Waals surface area contributed by atoms with Crippen LogP contribution in [0.25, 0.3) is 10.8 Å². The number of hydrogen-bond donors (Lipinski definition) is 0. The Kier molecular flexibility index (Phi) is 5.13. The molecule has 0 bridgehead atoms. The van der Waals surface area contributed by atoms with Gasteiger partial charge in [0.15, 0.2) is 0 Å². The molecule has 4 heteroatoms. The van der Waals surface area contributed by atoms with Gasteiger partial charge in [-0.05, 0) is 60.0 Å². The van der Waals surface area contributed by atoms with E-state index < -0.39 is 0 Å². The minimum atomic E-state index is 0.346. The maximum absolute atomic E-state index is 9.26. The Bertz CT molecular complexity index is 1220. The zero-order valence-electron chi connectivity index (χ0n) is 16.3. The maximum atomic E-state index is 9.26. The molecule has 1 heterocycles. The SMILES string of the molecule is Cc1oc(N=Cc2ccc(OCc3cccc4ccccc34)cc2)c(C#N)c1C. The maximum Gasteiger partial charge on any atom is 0.237 e. The molecule has 4 nitrogen and oxygen atoms in total. The molecule has 142 valence electrons. The minimum Gasteiger partial charge on any atom is -0.489 e. The Hall–Kier alpha value is -3.84. The van der Waals surface area contributed by atoms with Gasteiger partial charge in [0, 0.05) is 11.8 Å². The number of furan rings is 1. The van der Waals surface area contributed by atoms with E-state index in [1.165, 1.54) is 10.8 Å². The van der Waals surface area contributed by atoms with E-state index in [0.717, 1.165) is 22.4 Å². The number of fused-ring (bicyclic) bond motifs is 1. The summed E-state index contributed by atoms with van der Waals surface area (Å²) in [4.78, 5) is 4.33. The lowest BCUT2D eigenvalue weighted by Crippen LogP contribution is -1.96. The summed E-state index contributed by atoms with van der Waals surface area (Å²) in [5, 5.41) is 11.7. The molecule has 0 aliphatic rings. The van der Waals surface area contributed by atoms with Crippen molar-refractivity contribution in [3.05, 3.63) is 94.7 Å². The molecule has 0 saturated carbocycles. The molecular weight excluding hydrogens is 360 g/mol. The molecule has 0 saturated heterocycles. The van der Waals surface area contributed by atoms with Crippen LogP contribution in [0, 0.1) is 25.2 Å². The quantitative estimate of drug-likeness (QED) is 0.384. The fourth-order valence-corrected chi connectivity index (χ4v) is 3.19. The molecule has 29 heavy (non-hydrogen) atoms. The second kappa shape index (κ2) is 8.04. The van der Waals surface area contributed by atoms with Gasteiger partial charge in [-0.2, -0.15) is 5.26 Å². The third kappa shape index (κ3) is 3.90. The summed E-state index contributed by atoms with van der Waals surface area (Å²) in [6, 6.07) is 24.4. The van der Waals surface area contributed by atoms with Crippen molar-refractivity contribution in [2.75, 3.05) is 0 Å². The van der Waals surface area contributed by atoms with Gasteiger partial charge >= 0.3 is 0 Å². The van der Waals surface area contributed by atoms with E-state index in [9.17, 15) is 5.26 Å². The van der Waals surface area contributed by atoms with Crippen LogP contribution in [0.2, 0.25) is 0 Å². The topological polar surface area (TPSA) is 58.5 Å². The standard InChI is InChI=1S/C25H20N2O2/c1-17-18(2)29-25(24(17)14-26)27-15-19-10-12-22(13-11-19)28-16-21-8-5-7-20-6-3-4-9-23(20)21/h3-13,15H,16H2,1-2H3. The highest BCUT2D eigenvalue weighted by atomic mass is 16.5. The highest BCUT2D eigenvalue weighted by Gasteiger charge is 2.12. The van der Waals surface area contributed by atoms with Crippen molar-refractivity contribution in [2.45, 2.75) is 20.5 Å². The summed E-state index contributed by atoms with van der Waals surface area (Å²) in [5.74, 6) is 1.85. The van der Waals surface area contributed by atoms with E-state index in [1.807, 2.05) is 56.3 Å². The van der Waals surface area contributed by atoms with Crippen LogP contribution in [0.5, 0.6) is 5.75 Å². The van der Waals surface area contributed by atoms with Crippen molar-refractivity contribution in [1.82, 2.24) is 0 Å². The first-order valence-corrected chi connectivity index (χ1v) is 9.39. The summed E-state index contributed by atoms with van der Waals surface area (Å²) >= 11 is 0. The molecular formula is C25H20N2O2. The van der Waals surface area contributed by atoms with Crippen molar-refractivity contribution in [3.8, 4) is 11.8 Å². The number of rotatable bonds is 5. The van der Waals surface area contributed by atoms with Crippen molar-refractivity contribution < 1.29 is 9.15 Å². The van der Waals surface area contributed by atoms with E-state index in [0.29, 0.717) is 23.8 Å². The zero-order valence-corrected chi connectivity index (χ0v) is 16.3. The Morgan fingerprint density at radius 2 is 1.76 bits per heavy atom. The summed E-state index contributed by atoms with van der Waals surface area (Å²) in [6.07, 6.45) is 1.69. The average Bonchev–Trinajstić information content (AvgIpc) is 3.04. The first-order valence-electron chi connectivity index (χ1n) is 9.39. The first-order chi connectivity index (χ1) is 14.2.